The molecule has 3 nitrogen and oxygen atoms in total. The van der Waals surface area contributed by atoms with E-state index in [-0.39, 0.29) is 11.0 Å². The average molecular weight is 200 g/mol. The third-order valence-electron chi connectivity index (χ3n) is 2.40. The van der Waals surface area contributed by atoms with E-state index in [1.807, 2.05) is 0 Å². The van der Waals surface area contributed by atoms with Gasteiger partial charge in [0, 0.05) is 18.3 Å². The Morgan fingerprint density at radius 3 is 2.50 bits per heavy atom. The zero-order chi connectivity index (χ0) is 10.8. The van der Waals surface area contributed by atoms with Crippen molar-refractivity contribution in [2.75, 3.05) is 0 Å². The minimum absolute atomic E-state index is 0.197. The molecule has 0 aliphatic rings. The van der Waals surface area contributed by atoms with Crippen LogP contribution in [0.3, 0.4) is 0 Å². The number of nitrogens with zero attached hydrogens (tertiary/aromatic N) is 1. The van der Waals surface area contributed by atoms with Crippen molar-refractivity contribution in [3.63, 3.8) is 0 Å². The maximum Gasteiger partial charge on any atom is 0.210 e. The van der Waals surface area contributed by atoms with Gasteiger partial charge >= 0.3 is 0 Å². The zero-order valence-corrected chi connectivity index (χ0v) is 9.37. The van der Waals surface area contributed by atoms with Crippen LogP contribution in [0.5, 0.6) is 0 Å². The molecule has 14 heavy (non-hydrogen) atoms. The lowest BCUT2D eigenvalue weighted by Crippen LogP contribution is -2.14. The van der Waals surface area contributed by atoms with Gasteiger partial charge in [-0.2, -0.15) is 0 Å². The summed E-state index contributed by atoms with van der Waals surface area (Å²) in [6, 6.07) is -0.376. The van der Waals surface area contributed by atoms with Crippen LogP contribution >= 0.6 is 0 Å². The third-order valence-corrected chi connectivity index (χ3v) is 2.40. The SMILES string of the molecule is CCCCC[CH]CCCC(C)[N+](=O)[O-]. The van der Waals surface area contributed by atoms with Crippen molar-refractivity contribution >= 4 is 0 Å². The average Bonchev–Trinajstić information content (AvgIpc) is 2.16. The van der Waals surface area contributed by atoms with Crippen molar-refractivity contribution in [3.8, 4) is 0 Å². The summed E-state index contributed by atoms with van der Waals surface area (Å²) in [6.07, 6.45) is 9.94. The fraction of sp³-hybridized carbons (Fsp3) is 0.909. The Bertz CT molecular complexity index is 148. The molecule has 0 aliphatic heterocycles. The highest BCUT2D eigenvalue weighted by atomic mass is 16.6. The third kappa shape index (κ3) is 8.02. The van der Waals surface area contributed by atoms with Crippen LogP contribution in [0, 0.1) is 16.5 Å². The van der Waals surface area contributed by atoms with Crippen molar-refractivity contribution in [3.05, 3.63) is 16.5 Å². The number of hydrogen-bond acceptors (Lipinski definition) is 2. The molecule has 83 valence electrons. The summed E-state index contributed by atoms with van der Waals surface area (Å²) < 4.78 is 0. The molecule has 0 amide bonds. The summed E-state index contributed by atoms with van der Waals surface area (Å²) in [4.78, 5) is 10.1. The molecule has 0 aromatic rings. The first-order chi connectivity index (χ1) is 6.68. The largest absolute Gasteiger partial charge is 0.264 e. The Hall–Kier alpha value is -0.600. The van der Waals surface area contributed by atoms with Crippen LogP contribution in [0.4, 0.5) is 0 Å². The molecule has 0 N–H and O–H groups in total. The lowest BCUT2D eigenvalue weighted by Gasteiger charge is -2.03. The second-order valence-electron chi connectivity index (χ2n) is 3.85. The molecule has 0 saturated heterocycles. The van der Waals surface area contributed by atoms with Crippen molar-refractivity contribution in [2.24, 2.45) is 0 Å². The summed E-state index contributed by atoms with van der Waals surface area (Å²) in [5.41, 5.74) is 0. The van der Waals surface area contributed by atoms with E-state index in [1.54, 1.807) is 6.92 Å². The molecule has 0 fully saturated rings. The summed E-state index contributed by atoms with van der Waals surface area (Å²) >= 11 is 0. The van der Waals surface area contributed by atoms with Gasteiger partial charge in [0.05, 0.1) is 0 Å². The van der Waals surface area contributed by atoms with Crippen molar-refractivity contribution in [1.82, 2.24) is 0 Å². The second kappa shape index (κ2) is 8.97. The molecule has 0 bridgehead atoms. The smallest absolute Gasteiger partial charge is 0.210 e. The van der Waals surface area contributed by atoms with Gasteiger partial charge in [-0.05, 0) is 19.3 Å². The first-order valence-corrected chi connectivity index (χ1v) is 5.63. The molecule has 0 aliphatic carbocycles. The quantitative estimate of drug-likeness (QED) is 0.324. The van der Waals surface area contributed by atoms with E-state index in [0.717, 1.165) is 12.8 Å². The number of hydrogen-bond donors (Lipinski definition) is 0. The van der Waals surface area contributed by atoms with Crippen LogP contribution in [0.25, 0.3) is 0 Å². The van der Waals surface area contributed by atoms with Crippen LogP contribution in [0.1, 0.15) is 58.8 Å². The highest BCUT2D eigenvalue weighted by molar-refractivity contribution is 4.65. The van der Waals surface area contributed by atoms with Crippen LogP contribution in [0.2, 0.25) is 0 Å². The fourth-order valence-electron chi connectivity index (χ4n) is 1.35. The van der Waals surface area contributed by atoms with Gasteiger partial charge in [-0.3, -0.25) is 10.1 Å². The Balaban J connectivity index is 3.09. The van der Waals surface area contributed by atoms with Crippen molar-refractivity contribution in [1.29, 1.82) is 0 Å². The predicted molar refractivity (Wildman–Crippen MR) is 58.7 cm³/mol. The maximum absolute atomic E-state index is 10.3. The lowest BCUT2D eigenvalue weighted by molar-refractivity contribution is -0.519. The first-order valence-electron chi connectivity index (χ1n) is 5.63. The molecule has 0 aromatic heterocycles. The molecule has 1 atom stereocenters. The normalized spacial score (nSPS) is 12.7. The van der Waals surface area contributed by atoms with Crippen LogP contribution in [0.15, 0.2) is 0 Å². The number of nitro groups is 1. The Kier molecular flexibility index (Phi) is 8.59. The summed E-state index contributed by atoms with van der Waals surface area (Å²) in [7, 11) is 0. The monoisotopic (exact) mass is 200 g/mol. The lowest BCUT2D eigenvalue weighted by atomic mass is 10.1. The molecule has 3 heteroatoms. The van der Waals surface area contributed by atoms with Gasteiger partial charge in [-0.25, -0.2) is 0 Å². The molecular weight excluding hydrogens is 178 g/mol. The standard InChI is InChI=1S/C11H22NO2/c1-3-4-5-6-7-8-9-10-11(2)12(13)14/h7,11H,3-6,8-10H2,1-2H3. The highest BCUT2D eigenvalue weighted by Crippen LogP contribution is 2.09. The molecule has 0 aromatic carbocycles. The molecule has 0 heterocycles. The zero-order valence-electron chi connectivity index (χ0n) is 9.37. The maximum atomic E-state index is 10.3. The first kappa shape index (κ1) is 13.4. The van der Waals surface area contributed by atoms with E-state index in [0.29, 0.717) is 6.42 Å². The minimum Gasteiger partial charge on any atom is -0.264 e. The molecule has 1 unspecified atom stereocenters. The van der Waals surface area contributed by atoms with Crippen molar-refractivity contribution in [2.45, 2.75) is 64.8 Å². The summed E-state index contributed by atoms with van der Waals surface area (Å²) in [6.45, 7) is 3.87. The topological polar surface area (TPSA) is 43.1 Å². The minimum atomic E-state index is -0.376. The van der Waals surface area contributed by atoms with Gasteiger partial charge in [0.25, 0.3) is 0 Å². The van der Waals surface area contributed by atoms with Crippen LogP contribution in [-0.2, 0) is 0 Å². The van der Waals surface area contributed by atoms with Gasteiger partial charge in [-0.1, -0.05) is 32.6 Å². The molecule has 1 radical (unpaired) electrons. The molecule has 0 rings (SSSR count). The van der Waals surface area contributed by atoms with E-state index >= 15 is 0 Å². The highest BCUT2D eigenvalue weighted by Gasteiger charge is 2.10. The Morgan fingerprint density at radius 2 is 1.93 bits per heavy atom. The van der Waals surface area contributed by atoms with Gasteiger partial charge in [0.2, 0.25) is 6.04 Å². The molecule has 0 spiro atoms. The van der Waals surface area contributed by atoms with Crippen molar-refractivity contribution < 1.29 is 4.92 Å². The van der Waals surface area contributed by atoms with E-state index in [2.05, 4.69) is 13.3 Å². The van der Waals surface area contributed by atoms with Gasteiger partial charge in [-0.15, -0.1) is 0 Å². The van der Waals surface area contributed by atoms with Crippen LogP contribution in [-0.4, -0.2) is 11.0 Å². The summed E-state index contributed by atoms with van der Waals surface area (Å²) in [5, 5.41) is 10.3. The van der Waals surface area contributed by atoms with Gasteiger partial charge in [0.15, 0.2) is 0 Å². The predicted octanol–water partition coefficient (Wildman–Crippen LogP) is 3.61. The van der Waals surface area contributed by atoms with Crippen LogP contribution < -0.4 is 0 Å². The number of unbranched alkanes of at least 4 members (excludes halogenated alkanes) is 6. The van der Waals surface area contributed by atoms with Gasteiger partial charge < -0.3 is 0 Å². The second-order valence-corrected chi connectivity index (χ2v) is 3.85. The van der Waals surface area contributed by atoms with E-state index < -0.39 is 0 Å². The van der Waals surface area contributed by atoms with E-state index in [4.69, 9.17) is 0 Å². The summed E-state index contributed by atoms with van der Waals surface area (Å²) in [5.74, 6) is 0. The van der Waals surface area contributed by atoms with E-state index in [1.165, 1.54) is 25.7 Å². The number of rotatable bonds is 9. The molecular formula is C11H22NO2. The molecule has 0 saturated carbocycles. The fourth-order valence-corrected chi connectivity index (χ4v) is 1.35. The Morgan fingerprint density at radius 1 is 1.29 bits per heavy atom. The Labute approximate surface area is 87.0 Å². The van der Waals surface area contributed by atoms with E-state index in [9.17, 15) is 10.1 Å². The van der Waals surface area contributed by atoms with Gasteiger partial charge in [0.1, 0.15) is 0 Å².